The van der Waals surface area contributed by atoms with Gasteiger partial charge in [-0.15, -0.1) is 6.58 Å². The van der Waals surface area contributed by atoms with Gasteiger partial charge in [0.1, 0.15) is 0 Å². The molecular weight excluding hydrogens is 140 g/mol. The summed E-state index contributed by atoms with van der Waals surface area (Å²) in [6, 6.07) is 0. The van der Waals surface area contributed by atoms with E-state index in [-0.39, 0.29) is 0 Å². The smallest absolute Gasteiger partial charge is 0.244 e. The monoisotopic (exact) mass is 156 g/mol. The second kappa shape index (κ2) is 8.91. The van der Waals surface area contributed by atoms with E-state index < -0.39 is 5.91 Å². The Morgan fingerprint density at radius 2 is 2.00 bits per heavy atom. The largest absolute Gasteiger partial charge is 0.366 e. The summed E-state index contributed by atoms with van der Waals surface area (Å²) < 4.78 is 0. The van der Waals surface area contributed by atoms with Crippen LogP contribution in [0, 0.1) is 0 Å². The number of hydrogen-bond acceptors (Lipinski definition) is 2. The fraction of sp³-hybridized carbons (Fsp3) is 0.375. The predicted molar refractivity (Wildman–Crippen MR) is 48.1 cm³/mol. The van der Waals surface area contributed by atoms with Crippen LogP contribution in [0.5, 0.6) is 0 Å². The molecule has 0 atom stereocenters. The standard InChI is InChI=1S/C6H9NO.C2H7N/c1-3-4-5(2)6(7)8;1-3-2/h3H,1-2,4H2,(H2,7,8);3H,1-2H3. The number of amides is 1. The molecule has 0 saturated heterocycles. The van der Waals surface area contributed by atoms with Crippen LogP contribution in [0.4, 0.5) is 0 Å². The van der Waals surface area contributed by atoms with Crippen molar-refractivity contribution in [3.8, 4) is 0 Å². The lowest BCUT2D eigenvalue weighted by Gasteiger charge is -1.90. The Labute approximate surface area is 68.0 Å². The molecule has 3 nitrogen and oxygen atoms in total. The van der Waals surface area contributed by atoms with Crippen LogP contribution in [-0.2, 0) is 4.79 Å². The Balaban J connectivity index is 0. The van der Waals surface area contributed by atoms with E-state index in [1.165, 1.54) is 0 Å². The molecule has 0 unspecified atom stereocenters. The molecule has 1 amide bonds. The summed E-state index contributed by atoms with van der Waals surface area (Å²) >= 11 is 0. The quantitative estimate of drug-likeness (QED) is 0.460. The molecule has 11 heavy (non-hydrogen) atoms. The van der Waals surface area contributed by atoms with Crippen molar-refractivity contribution < 1.29 is 4.79 Å². The van der Waals surface area contributed by atoms with Crippen LogP contribution in [-0.4, -0.2) is 20.0 Å². The van der Waals surface area contributed by atoms with Crippen LogP contribution in [0.1, 0.15) is 6.42 Å². The summed E-state index contributed by atoms with van der Waals surface area (Å²) in [5.74, 6) is -0.454. The van der Waals surface area contributed by atoms with Crippen LogP contribution < -0.4 is 11.1 Å². The zero-order valence-electron chi connectivity index (χ0n) is 7.18. The minimum atomic E-state index is -0.454. The van der Waals surface area contributed by atoms with Crippen molar-refractivity contribution in [2.45, 2.75) is 6.42 Å². The first-order chi connectivity index (χ1) is 5.09. The van der Waals surface area contributed by atoms with Gasteiger partial charge in [0.2, 0.25) is 5.91 Å². The van der Waals surface area contributed by atoms with Crippen molar-refractivity contribution in [2.75, 3.05) is 14.1 Å². The van der Waals surface area contributed by atoms with Crippen LogP contribution in [0.15, 0.2) is 24.8 Å². The van der Waals surface area contributed by atoms with E-state index in [2.05, 4.69) is 18.5 Å². The average molecular weight is 156 g/mol. The first kappa shape index (κ1) is 12.6. The van der Waals surface area contributed by atoms with E-state index in [1.54, 1.807) is 6.08 Å². The van der Waals surface area contributed by atoms with Gasteiger partial charge in [-0.1, -0.05) is 12.7 Å². The molecule has 0 aliphatic heterocycles. The molecule has 0 aromatic rings. The first-order valence-corrected chi connectivity index (χ1v) is 3.27. The maximum Gasteiger partial charge on any atom is 0.244 e. The van der Waals surface area contributed by atoms with E-state index >= 15 is 0 Å². The summed E-state index contributed by atoms with van der Waals surface area (Å²) in [5.41, 5.74) is 5.24. The minimum Gasteiger partial charge on any atom is -0.366 e. The van der Waals surface area contributed by atoms with Crippen molar-refractivity contribution >= 4 is 5.91 Å². The molecule has 0 aliphatic rings. The Bertz CT molecular complexity index is 141. The van der Waals surface area contributed by atoms with Crippen molar-refractivity contribution in [3.63, 3.8) is 0 Å². The van der Waals surface area contributed by atoms with Crippen LogP contribution >= 0.6 is 0 Å². The second-order valence-corrected chi connectivity index (χ2v) is 1.96. The third-order valence-electron chi connectivity index (χ3n) is 0.739. The van der Waals surface area contributed by atoms with Gasteiger partial charge in [-0.2, -0.15) is 0 Å². The molecule has 3 N–H and O–H groups in total. The SMILES string of the molecule is C=CCC(=C)C(N)=O.CNC. The topological polar surface area (TPSA) is 55.1 Å². The molecular formula is C8H16N2O. The van der Waals surface area contributed by atoms with Crippen LogP contribution in [0.3, 0.4) is 0 Å². The highest BCUT2D eigenvalue weighted by Crippen LogP contribution is 1.94. The van der Waals surface area contributed by atoms with E-state index in [9.17, 15) is 4.79 Å². The molecule has 64 valence electrons. The lowest BCUT2D eigenvalue weighted by Crippen LogP contribution is -2.12. The summed E-state index contributed by atoms with van der Waals surface area (Å²) in [6.07, 6.45) is 2.07. The highest BCUT2D eigenvalue weighted by atomic mass is 16.1. The second-order valence-electron chi connectivity index (χ2n) is 1.96. The molecule has 0 aliphatic carbocycles. The zero-order valence-corrected chi connectivity index (χ0v) is 7.18. The summed E-state index contributed by atoms with van der Waals surface area (Å²) in [4.78, 5) is 10.2. The average Bonchev–Trinajstić information content (AvgIpc) is 1.90. The summed E-state index contributed by atoms with van der Waals surface area (Å²) in [7, 11) is 3.75. The van der Waals surface area contributed by atoms with E-state index in [4.69, 9.17) is 5.73 Å². The molecule has 0 heterocycles. The first-order valence-electron chi connectivity index (χ1n) is 3.27. The van der Waals surface area contributed by atoms with Gasteiger partial charge < -0.3 is 11.1 Å². The number of carbonyl (C=O) groups excluding carboxylic acids is 1. The molecule has 3 heteroatoms. The molecule has 0 aromatic carbocycles. The highest BCUT2D eigenvalue weighted by Gasteiger charge is 1.95. The van der Waals surface area contributed by atoms with Gasteiger partial charge >= 0.3 is 0 Å². The maximum absolute atomic E-state index is 10.2. The Kier molecular flexibility index (Phi) is 10.2. The van der Waals surface area contributed by atoms with Gasteiger partial charge in [-0.3, -0.25) is 4.79 Å². The van der Waals surface area contributed by atoms with Gasteiger partial charge in [0, 0.05) is 5.57 Å². The Morgan fingerprint density at radius 3 is 2.09 bits per heavy atom. The molecule has 0 fully saturated rings. The highest BCUT2D eigenvalue weighted by molar-refractivity contribution is 5.91. The van der Waals surface area contributed by atoms with E-state index in [0.29, 0.717) is 12.0 Å². The van der Waals surface area contributed by atoms with E-state index in [0.717, 1.165) is 0 Å². The fourth-order valence-corrected chi connectivity index (χ4v) is 0.275. The molecule has 0 radical (unpaired) electrons. The number of carbonyl (C=O) groups is 1. The predicted octanol–water partition coefficient (Wildman–Crippen LogP) is 0.440. The number of nitrogens with one attached hydrogen (secondary N) is 1. The summed E-state index contributed by atoms with van der Waals surface area (Å²) in [6.45, 7) is 6.81. The number of hydrogen-bond donors (Lipinski definition) is 2. The Morgan fingerprint density at radius 1 is 1.64 bits per heavy atom. The van der Waals surface area contributed by atoms with Crippen molar-refractivity contribution in [3.05, 3.63) is 24.8 Å². The number of allylic oxidation sites excluding steroid dienone is 1. The zero-order chi connectivity index (χ0) is 9.28. The van der Waals surface area contributed by atoms with Gasteiger partial charge in [0.05, 0.1) is 0 Å². The van der Waals surface area contributed by atoms with Crippen LogP contribution in [0.2, 0.25) is 0 Å². The Hall–Kier alpha value is -1.09. The number of rotatable bonds is 3. The van der Waals surface area contributed by atoms with E-state index in [1.807, 2.05) is 14.1 Å². The third kappa shape index (κ3) is 12.2. The lowest BCUT2D eigenvalue weighted by atomic mass is 10.2. The van der Waals surface area contributed by atoms with Gasteiger partial charge in [-0.25, -0.2) is 0 Å². The molecule has 0 spiro atoms. The maximum atomic E-state index is 10.2. The molecule has 0 bridgehead atoms. The van der Waals surface area contributed by atoms with Gasteiger partial charge in [0.15, 0.2) is 0 Å². The normalized spacial score (nSPS) is 7.45. The van der Waals surface area contributed by atoms with Crippen molar-refractivity contribution in [1.29, 1.82) is 0 Å². The molecule has 0 aromatic heterocycles. The lowest BCUT2D eigenvalue weighted by molar-refractivity contribution is -0.114. The van der Waals surface area contributed by atoms with Crippen molar-refractivity contribution in [1.82, 2.24) is 5.32 Å². The van der Waals surface area contributed by atoms with Gasteiger partial charge in [0.25, 0.3) is 0 Å². The molecule has 0 saturated carbocycles. The number of primary amides is 1. The fourth-order valence-electron chi connectivity index (χ4n) is 0.275. The number of nitrogens with two attached hydrogens (primary N) is 1. The van der Waals surface area contributed by atoms with Crippen molar-refractivity contribution in [2.24, 2.45) is 5.73 Å². The summed E-state index contributed by atoms with van der Waals surface area (Å²) in [5, 5.41) is 2.75. The van der Waals surface area contributed by atoms with Crippen LogP contribution in [0.25, 0.3) is 0 Å². The van der Waals surface area contributed by atoms with Gasteiger partial charge in [-0.05, 0) is 20.5 Å². The molecule has 0 rings (SSSR count). The minimum absolute atomic E-state index is 0.403. The third-order valence-corrected chi connectivity index (χ3v) is 0.739.